The van der Waals surface area contributed by atoms with Crippen molar-refractivity contribution in [3.05, 3.63) is 261 Å². The van der Waals surface area contributed by atoms with E-state index in [4.69, 9.17) is 43.7 Å². The molecule has 16 rings (SSSR count). The average molecular weight is 1080 g/mol. The standard InChI is InChI=1S/C73H47N9O2/c1-44-34-67-59(40-75-44)57-38-50(61-21-11-23-63(77-61)56-19-10-9-18-54(56)46-14-5-3-6-15-46)29-31-65(57)81(67)69-42-83-72(79-69)52-27-25-49-37-53(28-26-48(49)36-52)73-80-70(43-84-73)82-66-32-30-51(39-58(66)60-41-76-45(2)35-68(60)82)62-22-12-24-64(78-62)71-55(20-13-33-74-71)47-16-7-4-8-17-47/h3-43H,1-2H3. The molecular weight excluding hydrogens is 1030 g/mol. The Labute approximate surface area is 481 Å². The van der Waals surface area contributed by atoms with Crippen molar-refractivity contribution in [3.63, 3.8) is 0 Å². The fourth-order valence-electron chi connectivity index (χ4n) is 11.9. The highest BCUT2D eigenvalue weighted by molar-refractivity contribution is 6.11. The number of aryl methyl sites for hydroxylation is 2. The van der Waals surface area contributed by atoms with E-state index in [-0.39, 0.29) is 0 Å². The minimum Gasteiger partial charge on any atom is -0.442 e. The lowest BCUT2D eigenvalue weighted by Gasteiger charge is -2.11. The van der Waals surface area contributed by atoms with E-state index in [0.717, 1.165) is 144 Å². The van der Waals surface area contributed by atoms with E-state index in [1.807, 2.05) is 93.1 Å². The number of benzene rings is 7. The first-order valence-electron chi connectivity index (χ1n) is 27.8. The van der Waals surface area contributed by atoms with Crippen molar-refractivity contribution in [1.29, 1.82) is 0 Å². The van der Waals surface area contributed by atoms with Gasteiger partial charge in [0.15, 0.2) is 11.6 Å². The molecule has 396 valence electrons. The van der Waals surface area contributed by atoms with Gasteiger partial charge in [-0.3, -0.25) is 24.1 Å². The highest BCUT2D eigenvalue weighted by Gasteiger charge is 2.22. The van der Waals surface area contributed by atoms with Gasteiger partial charge in [-0.2, -0.15) is 9.97 Å². The summed E-state index contributed by atoms with van der Waals surface area (Å²) in [5.41, 5.74) is 19.2. The lowest BCUT2D eigenvalue weighted by Crippen LogP contribution is -1.95. The van der Waals surface area contributed by atoms with Crippen LogP contribution in [-0.2, 0) is 0 Å². The van der Waals surface area contributed by atoms with Gasteiger partial charge in [0.25, 0.3) is 0 Å². The Hall–Kier alpha value is -11.4. The van der Waals surface area contributed by atoms with Gasteiger partial charge in [-0.15, -0.1) is 0 Å². The van der Waals surface area contributed by atoms with E-state index in [9.17, 15) is 0 Å². The predicted octanol–water partition coefficient (Wildman–Crippen LogP) is 17.9. The fourth-order valence-corrected chi connectivity index (χ4v) is 11.9. The van der Waals surface area contributed by atoms with Gasteiger partial charge in [-0.05, 0) is 132 Å². The van der Waals surface area contributed by atoms with Crippen LogP contribution in [-0.4, -0.2) is 44.0 Å². The molecule has 0 fully saturated rings. The summed E-state index contributed by atoms with van der Waals surface area (Å²) < 4.78 is 16.9. The zero-order chi connectivity index (χ0) is 55.8. The van der Waals surface area contributed by atoms with Crippen LogP contribution in [0.15, 0.2) is 258 Å². The molecule has 0 bridgehead atoms. The monoisotopic (exact) mass is 1080 g/mol. The van der Waals surface area contributed by atoms with Gasteiger partial charge >= 0.3 is 0 Å². The Morgan fingerprint density at radius 3 is 1.37 bits per heavy atom. The van der Waals surface area contributed by atoms with Crippen LogP contribution in [0.25, 0.3) is 156 Å². The third kappa shape index (κ3) is 8.32. The van der Waals surface area contributed by atoms with Crippen molar-refractivity contribution in [1.82, 2.24) is 44.0 Å². The van der Waals surface area contributed by atoms with Crippen LogP contribution in [0.4, 0.5) is 0 Å². The van der Waals surface area contributed by atoms with Crippen molar-refractivity contribution >= 4 is 54.4 Å². The summed E-state index contributed by atoms with van der Waals surface area (Å²) in [6.45, 7) is 4.01. The summed E-state index contributed by atoms with van der Waals surface area (Å²) in [7, 11) is 0. The molecule has 0 aliphatic carbocycles. The lowest BCUT2D eigenvalue weighted by atomic mass is 9.97. The number of nitrogens with zero attached hydrogens (tertiary/aromatic N) is 9. The van der Waals surface area contributed by atoms with Gasteiger partial charge in [-0.1, -0.05) is 127 Å². The van der Waals surface area contributed by atoms with Gasteiger partial charge in [0.05, 0.1) is 50.5 Å². The van der Waals surface area contributed by atoms with Crippen molar-refractivity contribution in [2.24, 2.45) is 0 Å². The van der Waals surface area contributed by atoms with Crippen LogP contribution in [0, 0.1) is 13.8 Å². The Balaban J connectivity index is 0.692. The van der Waals surface area contributed by atoms with Crippen LogP contribution < -0.4 is 0 Å². The molecule has 0 atom stereocenters. The molecule has 11 nitrogen and oxygen atoms in total. The van der Waals surface area contributed by atoms with E-state index in [2.05, 4.69) is 167 Å². The smallest absolute Gasteiger partial charge is 0.228 e. The van der Waals surface area contributed by atoms with Crippen molar-refractivity contribution in [3.8, 4) is 102 Å². The summed E-state index contributed by atoms with van der Waals surface area (Å²) >= 11 is 0. The molecule has 0 amide bonds. The first-order valence-corrected chi connectivity index (χ1v) is 27.8. The van der Waals surface area contributed by atoms with Crippen LogP contribution in [0.2, 0.25) is 0 Å². The number of hydrogen-bond acceptors (Lipinski definition) is 9. The Bertz CT molecular complexity index is 4920. The van der Waals surface area contributed by atoms with Gasteiger partial charge in [0, 0.05) is 84.9 Å². The highest BCUT2D eigenvalue weighted by Crippen LogP contribution is 2.40. The number of rotatable bonds is 10. The molecule has 7 aromatic carbocycles. The molecular formula is C73H47N9O2. The Kier molecular flexibility index (Phi) is 11.4. The fraction of sp³-hybridized carbons (Fsp3) is 0.0274. The molecule has 0 aliphatic rings. The molecule has 0 saturated heterocycles. The van der Waals surface area contributed by atoms with Crippen LogP contribution >= 0.6 is 0 Å². The second-order valence-electron chi connectivity index (χ2n) is 21.1. The van der Waals surface area contributed by atoms with Crippen molar-refractivity contribution in [2.75, 3.05) is 0 Å². The lowest BCUT2D eigenvalue weighted by molar-refractivity contribution is 0.573. The minimum absolute atomic E-state index is 0.509. The number of pyridine rings is 5. The molecule has 0 spiro atoms. The SMILES string of the molecule is Cc1cc2c(cn1)c1cc(-c3cccc(-c4ccccc4-c4ccccc4)n3)ccc1n2-c1coc(-c2ccc3cc(-c4nc(-n5c6ccc(-c7cccc(-c8ncccc8-c8ccccc8)n7)cc6c6cnc(C)cc65)co4)ccc3c2)n1. The normalized spacial score (nSPS) is 11.7. The predicted molar refractivity (Wildman–Crippen MR) is 335 cm³/mol. The number of oxazole rings is 2. The van der Waals surface area contributed by atoms with Crippen molar-refractivity contribution < 1.29 is 8.83 Å². The van der Waals surface area contributed by atoms with E-state index < -0.39 is 0 Å². The quantitative estimate of drug-likeness (QED) is 0.132. The van der Waals surface area contributed by atoms with Crippen LogP contribution in [0.3, 0.4) is 0 Å². The molecule has 0 N–H and O–H groups in total. The summed E-state index contributed by atoms with van der Waals surface area (Å²) in [6, 6.07) is 75.2. The molecule has 0 saturated carbocycles. The first kappa shape index (κ1) is 48.5. The molecule has 9 aromatic heterocycles. The van der Waals surface area contributed by atoms with Gasteiger partial charge in [-0.25, -0.2) is 9.97 Å². The summed E-state index contributed by atoms with van der Waals surface area (Å²) in [5.74, 6) is 2.36. The summed E-state index contributed by atoms with van der Waals surface area (Å²) in [4.78, 5) is 34.9. The summed E-state index contributed by atoms with van der Waals surface area (Å²) in [6.07, 6.45) is 9.18. The van der Waals surface area contributed by atoms with E-state index in [1.165, 1.54) is 0 Å². The molecule has 0 aliphatic heterocycles. The Morgan fingerprint density at radius 1 is 0.321 bits per heavy atom. The number of fused-ring (bicyclic) bond motifs is 7. The van der Waals surface area contributed by atoms with Gasteiger partial charge in [0.1, 0.15) is 12.5 Å². The zero-order valence-electron chi connectivity index (χ0n) is 45.5. The molecule has 16 aromatic rings. The summed E-state index contributed by atoms with van der Waals surface area (Å²) in [5, 5.41) is 6.13. The van der Waals surface area contributed by atoms with E-state index >= 15 is 0 Å². The minimum atomic E-state index is 0.509. The van der Waals surface area contributed by atoms with Gasteiger partial charge in [0.2, 0.25) is 11.8 Å². The highest BCUT2D eigenvalue weighted by atomic mass is 16.3. The van der Waals surface area contributed by atoms with Crippen LogP contribution in [0.1, 0.15) is 11.4 Å². The zero-order valence-corrected chi connectivity index (χ0v) is 45.5. The average Bonchev–Trinajstić information content (AvgIpc) is 4.38. The molecule has 9 heterocycles. The third-order valence-corrected chi connectivity index (χ3v) is 15.9. The van der Waals surface area contributed by atoms with E-state index in [0.29, 0.717) is 23.4 Å². The molecule has 0 unspecified atom stereocenters. The molecule has 0 radical (unpaired) electrons. The maximum absolute atomic E-state index is 6.31. The topological polar surface area (TPSA) is 126 Å². The van der Waals surface area contributed by atoms with E-state index in [1.54, 1.807) is 12.5 Å². The van der Waals surface area contributed by atoms with Crippen molar-refractivity contribution in [2.45, 2.75) is 13.8 Å². The molecule has 84 heavy (non-hydrogen) atoms. The first-order chi connectivity index (χ1) is 41.4. The second kappa shape index (κ2) is 19.7. The molecule has 11 heteroatoms. The number of hydrogen-bond donors (Lipinski definition) is 0. The largest absolute Gasteiger partial charge is 0.442 e. The maximum Gasteiger partial charge on any atom is 0.228 e. The number of aromatic nitrogens is 9. The van der Waals surface area contributed by atoms with Gasteiger partial charge < -0.3 is 8.83 Å². The maximum atomic E-state index is 6.31. The third-order valence-electron chi connectivity index (χ3n) is 15.9. The van der Waals surface area contributed by atoms with Crippen LogP contribution in [0.5, 0.6) is 0 Å². The second-order valence-corrected chi connectivity index (χ2v) is 21.1. The Morgan fingerprint density at radius 2 is 0.798 bits per heavy atom.